The zero-order valence-electron chi connectivity index (χ0n) is 8.43. The van der Waals surface area contributed by atoms with E-state index in [4.69, 9.17) is 0 Å². The van der Waals surface area contributed by atoms with E-state index in [0.29, 0.717) is 12.0 Å². The van der Waals surface area contributed by atoms with E-state index < -0.39 is 0 Å². The average Bonchev–Trinajstić information content (AvgIpc) is 2.61. The highest BCUT2D eigenvalue weighted by atomic mass is 16.3. The van der Waals surface area contributed by atoms with Crippen molar-refractivity contribution in [3.63, 3.8) is 0 Å². The molecule has 0 amide bonds. The molecule has 1 aliphatic rings. The van der Waals surface area contributed by atoms with Crippen molar-refractivity contribution >= 4 is 0 Å². The lowest BCUT2D eigenvalue weighted by Crippen LogP contribution is -2.22. The quantitative estimate of drug-likeness (QED) is 0.761. The lowest BCUT2D eigenvalue weighted by atomic mass is 9.96. The molecule has 76 valence electrons. The van der Waals surface area contributed by atoms with Crippen LogP contribution in [0.15, 0.2) is 24.5 Å². The van der Waals surface area contributed by atoms with Gasteiger partial charge in [-0.15, -0.1) is 0 Å². The molecule has 0 spiro atoms. The molecule has 1 unspecified atom stereocenters. The Morgan fingerprint density at radius 3 is 3.14 bits per heavy atom. The van der Waals surface area contributed by atoms with Crippen LogP contribution in [0.4, 0.5) is 0 Å². The van der Waals surface area contributed by atoms with Gasteiger partial charge >= 0.3 is 0 Å². The van der Waals surface area contributed by atoms with Gasteiger partial charge in [-0.05, 0) is 31.6 Å². The number of likely N-dealkylation sites (tertiary alicyclic amines) is 1. The molecule has 1 fully saturated rings. The highest BCUT2D eigenvalue weighted by Gasteiger charge is 2.32. The zero-order valence-corrected chi connectivity index (χ0v) is 8.43. The molecule has 2 rings (SSSR count). The predicted octanol–water partition coefficient (Wildman–Crippen LogP) is 1.07. The second kappa shape index (κ2) is 4.07. The van der Waals surface area contributed by atoms with Crippen LogP contribution in [-0.2, 0) is 0 Å². The van der Waals surface area contributed by atoms with Gasteiger partial charge in [-0.2, -0.15) is 0 Å². The van der Waals surface area contributed by atoms with Crippen LogP contribution < -0.4 is 0 Å². The number of hydrogen-bond donors (Lipinski definition) is 1. The first-order valence-electron chi connectivity index (χ1n) is 5.04. The highest BCUT2D eigenvalue weighted by Crippen LogP contribution is 2.34. The molecule has 0 aromatic carbocycles. The third-order valence-corrected chi connectivity index (χ3v) is 3.03. The van der Waals surface area contributed by atoms with Crippen LogP contribution in [0.25, 0.3) is 0 Å². The normalized spacial score (nSPS) is 28.1. The third kappa shape index (κ3) is 1.65. The maximum absolute atomic E-state index is 9.27. The molecule has 0 bridgehead atoms. The molecular weight excluding hydrogens is 176 g/mol. The van der Waals surface area contributed by atoms with E-state index in [9.17, 15) is 5.11 Å². The van der Waals surface area contributed by atoms with Crippen LogP contribution in [0.1, 0.15) is 18.0 Å². The maximum Gasteiger partial charge on any atom is 0.0478 e. The largest absolute Gasteiger partial charge is 0.396 e. The van der Waals surface area contributed by atoms with E-state index in [1.807, 2.05) is 12.3 Å². The van der Waals surface area contributed by atoms with Crippen LogP contribution in [-0.4, -0.2) is 35.2 Å². The molecule has 0 saturated carbocycles. The number of aliphatic hydroxyl groups is 1. The monoisotopic (exact) mass is 192 g/mol. The highest BCUT2D eigenvalue weighted by molar-refractivity contribution is 5.16. The minimum atomic E-state index is 0.268. The van der Waals surface area contributed by atoms with Gasteiger partial charge in [0, 0.05) is 31.0 Å². The Labute approximate surface area is 84.4 Å². The van der Waals surface area contributed by atoms with Crippen molar-refractivity contribution in [2.75, 3.05) is 20.2 Å². The first-order valence-corrected chi connectivity index (χ1v) is 5.04. The summed E-state index contributed by atoms with van der Waals surface area (Å²) in [4.78, 5) is 6.41. The standard InChI is InChI=1S/C11H16N2O/c1-13-6-4-10(8-14)11(13)9-3-2-5-12-7-9/h2-3,5,7,10-11,14H,4,6,8H2,1H3/t10-,11?/m1/s1. The predicted molar refractivity (Wildman–Crippen MR) is 54.8 cm³/mol. The lowest BCUT2D eigenvalue weighted by Gasteiger charge is -2.23. The zero-order chi connectivity index (χ0) is 9.97. The number of nitrogens with zero attached hydrogens (tertiary/aromatic N) is 2. The van der Waals surface area contributed by atoms with Gasteiger partial charge in [-0.3, -0.25) is 9.88 Å². The van der Waals surface area contributed by atoms with Gasteiger partial charge in [0.05, 0.1) is 0 Å². The second-order valence-electron chi connectivity index (χ2n) is 3.94. The summed E-state index contributed by atoms with van der Waals surface area (Å²) in [7, 11) is 2.10. The van der Waals surface area contributed by atoms with Gasteiger partial charge in [0.25, 0.3) is 0 Å². The maximum atomic E-state index is 9.27. The van der Waals surface area contributed by atoms with Crippen molar-refractivity contribution < 1.29 is 5.11 Å². The Balaban J connectivity index is 2.23. The Bertz CT molecular complexity index is 289. The summed E-state index contributed by atoms with van der Waals surface area (Å²) in [6.07, 6.45) is 4.76. The fourth-order valence-corrected chi connectivity index (χ4v) is 2.30. The van der Waals surface area contributed by atoms with Crippen molar-refractivity contribution in [1.29, 1.82) is 0 Å². The van der Waals surface area contributed by atoms with Gasteiger partial charge in [-0.1, -0.05) is 6.07 Å². The first kappa shape index (κ1) is 9.62. The van der Waals surface area contributed by atoms with E-state index in [2.05, 4.69) is 23.0 Å². The number of rotatable bonds is 2. The minimum absolute atomic E-state index is 0.268. The molecule has 3 heteroatoms. The summed E-state index contributed by atoms with van der Waals surface area (Å²) >= 11 is 0. The number of pyridine rings is 1. The molecule has 1 aromatic rings. The molecule has 2 atom stereocenters. The first-order chi connectivity index (χ1) is 6.83. The molecule has 1 aromatic heterocycles. The van der Waals surface area contributed by atoms with Gasteiger partial charge in [0.2, 0.25) is 0 Å². The van der Waals surface area contributed by atoms with Crippen molar-refractivity contribution in [2.24, 2.45) is 5.92 Å². The van der Waals surface area contributed by atoms with E-state index in [1.54, 1.807) is 6.20 Å². The Morgan fingerprint density at radius 2 is 2.50 bits per heavy atom. The van der Waals surface area contributed by atoms with Crippen LogP contribution in [0.5, 0.6) is 0 Å². The fourth-order valence-electron chi connectivity index (χ4n) is 2.30. The molecular formula is C11H16N2O. The van der Waals surface area contributed by atoms with Crippen molar-refractivity contribution in [1.82, 2.24) is 9.88 Å². The molecule has 1 N–H and O–H groups in total. The molecule has 2 heterocycles. The summed E-state index contributed by atoms with van der Waals surface area (Å²) in [5.41, 5.74) is 1.21. The van der Waals surface area contributed by atoms with E-state index in [0.717, 1.165) is 13.0 Å². The Kier molecular flexibility index (Phi) is 2.79. The van der Waals surface area contributed by atoms with Crippen molar-refractivity contribution in [3.05, 3.63) is 30.1 Å². The summed E-state index contributed by atoms with van der Waals surface area (Å²) in [5.74, 6) is 0.365. The summed E-state index contributed by atoms with van der Waals surface area (Å²) in [5, 5.41) is 9.27. The van der Waals surface area contributed by atoms with Gasteiger partial charge in [-0.25, -0.2) is 0 Å². The summed E-state index contributed by atoms with van der Waals surface area (Å²) < 4.78 is 0. The molecule has 0 aliphatic carbocycles. The second-order valence-corrected chi connectivity index (χ2v) is 3.94. The average molecular weight is 192 g/mol. The Morgan fingerprint density at radius 1 is 1.64 bits per heavy atom. The smallest absolute Gasteiger partial charge is 0.0478 e. The number of aliphatic hydroxyl groups excluding tert-OH is 1. The van der Waals surface area contributed by atoms with Crippen LogP contribution in [0, 0.1) is 5.92 Å². The summed E-state index contributed by atoms with van der Waals surface area (Å²) in [6.45, 7) is 1.33. The molecule has 0 radical (unpaired) electrons. The molecule has 14 heavy (non-hydrogen) atoms. The van der Waals surface area contributed by atoms with Crippen LogP contribution in [0.2, 0.25) is 0 Å². The summed E-state index contributed by atoms with van der Waals surface area (Å²) in [6, 6.07) is 4.38. The third-order valence-electron chi connectivity index (χ3n) is 3.03. The van der Waals surface area contributed by atoms with Crippen LogP contribution in [0.3, 0.4) is 0 Å². The van der Waals surface area contributed by atoms with E-state index >= 15 is 0 Å². The van der Waals surface area contributed by atoms with Gasteiger partial charge in [0.15, 0.2) is 0 Å². The number of aromatic nitrogens is 1. The molecule has 1 aliphatic heterocycles. The van der Waals surface area contributed by atoms with Crippen LogP contribution >= 0.6 is 0 Å². The SMILES string of the molecule is CN1CC[C@H](CO)C1c1cccnc1. The topological polar surface area (TPSA) is 36.4 Å². The van der Waals surface area contributed by atoms with Gasteiger partial charge < -0.3 is 5.11 Å². The molecule has 3 nitrogen and oxygen atoms in total. The van der Waals surface area contributed by atoms with E-state index in [1.165, 1.54) is 5.56 Å². The minimum Gasteiger partial charge on any atom is -0.396 e. The fraction of sp³-hybridized carbons (Fsp3) is 0.545. The Hall–Kier alpha value is -0.930. The van der Waals surface area contributed by atoms with Crippen molar-refractivity contribution in [2.45, 2.75) is 12.5 Å². The lowest BCUT2D eigenvalue weighted by molar-refractivity contribution is 0.182. The van der Waals surface area contributed by atoms with Crippen molar-refractivity contribution in [3.8, 4) is 0 Å². The van der Waals surface area contributed by atoms with Gasteiger partial charge in [0.1, 0.15) is 0 Å². The molecule has 1 saturated heterocycles. The van der Waals surface area contributed by atoms with E-state index in [-0.39, 0.29) is 6.61 Å². The number of hydrogen-bond acceptors (Lipinski definition) is 3.